The maximum Gasteiger partial charge on any atom is 0.262 e. The van der Waals surface area contributed by atoms with E-state index in [1.54, 1.807) is 18.2 Å². The summed E-state index contributed by atoms with van der Waals surface area (Å²) in [6.45, 7) is 0.771. The van der Waals surface area contributed by atoms with Crippen molar-refractivity contribution in [3.63, 3.8) is 0 Å². The van der Waals surface area contributed by atoms with Gasteiger partial charge in [-0.1, -0.05) is 12.1 Å². The van der Waals surface area contributed by atoms with Crippen molar-refractivity contribution in [2.75, 3.05) is 13.2 Å². The molecule has 2 N–H and O–H groups in total. The van der Waals surface area contributed by atoms with Crippen LogP contribution in [0.4, 0.5) is 0 Å². The smallest absolute Gasteiger partial charge is 0.262 e. The minimum Gasteiger partial charge on any atom is -0.474 e. The van der Waals surface area contributed by atoms with Crippen LogP contribution in [0.2, 0.25) is 0 Å². The number of rotatable bonds is 4. The molecule has 0 amide bonds. The molecule has 0 bridgehead atoms. The predicted octanol–water partition coefficient (Wildman–Crippen LogP) is 2.64. The zero-order chi connectivity index (χ0) is 11.5. The van der Waals surface area contributed by atoms with E-state index in [1.807, 2.05) is 0 Å². The molecule has 2 rings (SSSR count). The van der Waals surface area contributed by atoms with Crippen LogP contribution in [-0.2, 0) is 0 Å². The maximum atomic E-state index is 5.86. The molecule has 16 heavy (non-hydrogen) atoms. The molecule has 0 saturated heterocycles. The lowest BCUT2D eigenvalue weighted by molar-refractivity contribution is 0.293. The first-order valence-electron chi connectivity index (χ1n) is 4.73. The van der Waals surface area contributed by atoms with E-state index in [1.165, 1.54) is 0 Å². The number of hydrogen-bond donors (Lipinski definition) is 1. The van der Waals surface area contributed by atoms with Gasteiger partial charge >= 0.3 is 0 Å². The molecule has 2 aromatic rings. The molecule has 6 heteroatoms. The van der Waals surface area contributed by atoms with E-state index in [2.05, 4.69) is 5.16 Å². The molecule has 0 saturated carbocycles. The van der Waals surface area contributed by atoms with Gasteiger partial charge in [-0.05, 0) is 11.2 Å². The van der Waals surface area contributed by atoms with Crippen LogP contribution in [0.25, 0.3) is 11.0 Å². The number of halogens is 2. The number of alkyl halides is 2. The highest BCUT2D eigenvalue weighted by Crippen LogP contribution is 2.36. The van der Waals surface area contributed by atoms with E-state index in [0.717, 1.165) is 0 Å². The number of aromatic nitrogens is 1. The lowest BCUT2D eigenvalue weighted by Crippen LogP contribution is -2.10. The first kappa shape index (κ1) is 11.5. The molecule has 1 heterocycles. The Morgan fingerprint density at radius 1 is 1.44 bits per heavy atom. The second-order valence-electron chi connectivity index (χ2n) is 3.15. The Morgan fingerprint density at radius 2 is 2.25 bits per heavy atom. The van der Waals surface area contributed by atoms with Gasteiger partial charge in [-0.2, -0.15) is 0 Å². The summed E-state index contributed by atoms with van der Waals surface area (Å²) in [7, 11) is 0. The van der Waals surface area contributed by atoms with Crippen molar-refractivity contribution in [1.82, 2.24) is 5.16 Å². The fourth-order valence-electron chi connectivity index (χ4n) is 1.43. The van der Waals surface area contributed by atoms with Gasteiger partial charge in [-0.25, -0.2) is 0 Å². The van der Waals surface area contributed by atoms with Crippen molar-refractivity contribution in [2.45, 2.75) is 4.84 Å². The van der Waals surface area contributed by atoms with E-state index in [0.29, 0.717) is 35.6 Å². The number of nitrogens with zero attached hydrogens (tertiary/aromatic N) is 1. The maximum absolute atomic E-state index is 5.86. The molecule has 86 valence electrons. The summed E-state index contributed by atoms with van der Waals surface area (Å²) in [5.41, 5.74) is 6.66. The Balaban J connectivity index is 2.50. The molecule has 0 spiro atoms. The van der Waals surface area contributed by atoms with Crippen LogP contribution >= 0.6 is 23.2 Å². The zero-order valence-electron chi connectivity index (χ0n) is 8.32. The van der Waals surface area contributed by atoms with Crippen LogP contribution in [0.1, 0.15) is 10.4 Å². The van der Waals surface area contributed by atoms with E-state index < -0.39 is 4.84 Å². The minimum atomic E-state index is -0.650. The van der Waals surface area contributed by atoms with Crippen molar-refractivity contribution in [3.8, 4) is 5.88 Å². The van der Waals surface area contributed by atoms with Crippen molar-refractivity contribution in [3.05, 3.63) is 23.8 Å². The summed E-state index contributed by atoms with van der Waals surface area (Å²) < 4.78 is 10.5. The molecule has 0 aliphatic rings. The van der Waals surface area contributed by atoms with E-state index in [9.17, 15) is 0 Å². The Bertz CT molecular complexity index is 485. The van der Waals surface area contributed by atoms with E-state index in [4.69, 9.17) is 38.2 Å². The molecule has 0 aliphatic heterocycles. The number of benzene rings is 1. The standard InChI is InChI=1S/C10H10Cl2N2O2/c11-9(12)6-2-1-3-7-8(6)10(14-16-7)15-5-4-13/h1-3,9H,4-5,13H2. The fourth-order valence-corrected chi connectivity index (χ4v) is 1.79. The molecule has 0 atom stereocenters. The first-order valence-corrected chi connectivity index (χ1v) is 5.60. The lowest BCUT2D eigenvalue weighted by Gasteiger charge is -2.04. The third-order valence-corrected chi connectivity index (χ3v) is 2.56. The highest BCUT2D eigenvalue weighted by molar-refractivity contribution is 6.44. The Labute approximate surface area is 102 Å². The van der Waals surface area contributed by atoms with Crippen LogP contribution in [0.5, 0.6) is 5.88 Å². The lowest BCUT2D eigenvalue weighted by atomic mass is 10.1. The van der Waals surface area contributed by atoms with Gasteiger partial charge in [-0.3, -0.25) is 0 Å². The van der Waals surface area contributed by atoms with Gasteiger partial charge in [0.1, 0.15) is 11.4 Å². The second kappa shape index (κ2) is 4.91. The first-order chi connectivity index (χ1) is 7.74. The van der Waals surface area contributed by atoms with Gasteiger partial charge in [0, 0.05) is 12.1 Å². The van der Waals surface area contributed by atoms with Crippen molar-refractivity contribution in [1.29, 1.82) is 0 Å². The summed E-state index contributed by atoms with van der Waals surface area (Å²) >= 11 is 11.7. The molecule has 0 radical (unpaired) electrons. The topological polar surface area (TPSA) is 61.3 Å². The van der Waals surface area contributed by atoms with Gasteiger partial charge in [0.2, 0.25) is 0 Å². The van der Waals surface area contributed by atoms with Gasteiger partial charge in [0.15, 0.2) is 5.58 Å². The van der Waals surface area contributed by atoms with Gasteiger partial charge in [0.25, 0.3) is 5.88 Å². The van der Waals surface area contributed by atoms with Crippen LogP contribution in [0.3, 0.4) is 0 Å². The van der Waals surface area contributed by atoms with Crippen molar-refractivity contribution >= 4 is 34.2 Å². The fraction of sp³-hybridized carbons (Fsp3) is 0.300. The molecular weight excluding hydrogens is 251 g/mol. The van der Waals surface area contributed by atoms with Crippen molar-refractivity contribution < 1.29 is 9.26 Å². The SMILES string of the molecule is NCCOc1noc2cccc(C(Cl)Cl)c12. The van der Waals surface area contributed by atoms with Gasteiger partial charge in [-0.15, -0.1) is 23.2 Å². The second-order valence-corrected chi connectivity index (χ2v) is 4.24. The quantitative estimate of drug-likeness (QED) is 0.859. The highest BCUT2D eigenvalue weighted by Gasteiger charge is 2.17. The molecule has 0 fully saturated rings. The largest absolute Gasteiger partial charge is 0.474 e. The van der Waals surface area contributed by atoms with Crippen LogP contribution in [0, 0.1) is 0 Å². The number of hydrogen-bond acceptors (Lipinski definition) is 4. The van der Waals surface area contributed by atoms with Crippen LogP contribution in [-0.4, -0.2) is 18.3 Å². The molecule has 0 aliphatic carbocycles. The Morgan fingerprint density at radius 3 is 2.94 bits per heavy atom. The molecule has 1 aromatic carbocycles. The molecule has 1 aromatic heterocycles. The average molecular weight is 261 g/mol. The number of ether oxygens (including phenoxy) is 1. The molecular formula is C10H10Cl2N2O2. The normalized spacial score (nSPS) is 11.2. The molecule has 4 nitrogen and oxygen atoms in total. The summed E-state index contributed by atoms with van der Waals surface area (Å²) in [5, 5.41) is 4.51. The van der Waals surface area contributed by atoms with E-state index in [-0.39, 0.29) is 0 Å². The summed E-state index contributed by atoms with van der Waals surface area (Å²) in [6, 6.07) is 5.38. The third kappa shape index (κ3) is 2.09. The average Bonchev–Trinajstić information content (AvgIpc) is 2.69. The van der Waals surface area contributed by atoms with Crippen LogP contribution in [0.15, 0.2) is 22.7 Å². The number of nitrogens with two attached hydrogens (primary N) is 1. The highest BCUT2D eigenvalue weighted by atomic mass is 35.5. The summed E-state index contributed by atoms with van der Waals surface area (Å²) in [4.78, 5) is -0.650. The zero-order valence-corrected chi connectivity index (χ0v) is 9.83. The Hall–Kier alpha value is -0.970. The monoisotopic (exact) mass is 260 g/mol. The van der Waals surface area contributed by atoms with Gasteiger partial charge in [0.05, 0.1) is 5.39 Å². The minimum absolute atomic E-state index is 0.366. The number of fused-ring (bicyclic) bond motifs is 1. The third-order valence-electron chi connectivity index (χ3n) is 2.09. The van der Waals surface area contributed by atoms with Gasteiger partial charge < -0.3 is 15.0 Å². The Kier molecular flexibility index (Phi) is 3.53. The van der Waals surface area contributed by atoms with Crippen LogP contribution < -0.4 is 10.5 Å². The van der Waals surface area contributed by atoms with E-state index >= 15 is 0 Å². The predicted molar refractivity (Wildman–Crippen MR) is 63.0 cm³/mol. The van der Waals surface area contributed by atoms with Crippen molar-refractivity contribution in [2.24, 2.45) is 5.73 Å². The summed E-state index contributed by atoms with van der Waals surface area (Å²) in [5.74, 6) is 0.377. The molecule has 0 unspecified atom stereocenters. The summed E-state index contributed by atoms with van der Waals surface area (Å²) in [6.07, 6.45) is 0.